The van der Waals surface area contributed by atoms with E-state index in [-0.39, 0.29) is 11.9 Å². The number of hydrogen-bond acceptors (Lipinski definition) is 3. The first kappa shape index (κ1) is 20.4. The number of hydrogen-bond donors (Lipinski definition) is 1. The molecular weight excluding hydrogens is 386 g/mol. The van der Waals surface area contributed by atoms with Crippen molar-refractivity contribution in [2.24, 2.45) is 0 Å². The maximum Gasteiger partial charge on any atom is 0.255 e. The number of para-hydroxylation sites is 1. The lowest BCUT2D eigenvalue weighted by molar-refractivity contribution is 0.0941. The van der Waals surface area contributed by atoms with Crippen molar-refractivity contribution in [2.45, 2.75) is 19.9 Å². The second-order valence-electron chi connectivity index (χ2n) is 7.38. The van der Waals surface area contributed by atoms with Crippen molar-refractivity contribution in [1.82, 2.24) is 15.1 Å². The third-order valence-electron chi connectivity index (χ3n) is 5.38. The zero-order valence-corrected chi connectivity index (χ0v) is 17.9. The molecule has 0 unspecified atom stereocenters. The number of rotatable bonds is 6. The number of benzene rings is 3. The second-order valence-corrected chi connectivity index (χ2v) is 7.38. The van der Waals surface area contributed by atoms with Crippen LogP contribution in [-0.2, 0) is 0 Å². The fourth-order valence-electron chi connectivity index (χ4n) is 3.80. The number of aryl methyl sites for hydroxylation is 1. The molecule has 1 heterocycles. The Hall–Kier alpha value is -3.86. The molecule has 0 aliphatic rings. The van der Waals surface area contributed by atoms with Gasteiger partial charge in [0.1, 0.15) is 5.75 Å². The third-order valence-corrected chi connectivity index (χ3v) is 5.38. The highest BCUT2D eigenvalue weighted by Crippen LogP contribution is 2.26. The highest BCUT2D eigenvalue weighted by atomic mass is 16.5. The van der Waals surface area contributed by atoms with E-state index in [1.165, 1.54) is 0 Å². The minimum Gasteiger partial charge on any atom is -0.497 e. The number of methoxy groups -OCH3 is 1. The molecule has 4 rings (SSSR count). The summed E-state index contributed by atoms with van der Waals surface area (Å²) in [7, 11) is 1.64. The number of nitrogens with zero attached hydrogens (tertiary/aromatic N) is 2. The molecule has 0 radical (unpaired) electrons. The van der Waals surface area contributed by atoms with Crippen molar-refractivity contribution in [3.05, 3.63) is 113 Å². The van der Waals surface area contributed by atoms with Gasteiger partial charge in [-0.1, -0.05) is 60.7 Å². The van der Waals surface area contributed by atoms with Gasteiger partial charge < -0.3 is 10.1 Å². The molecule has 5 heteroatoms. The van der Waals surface area contributed by atoms with Gasteiger partial charge in [0, 0.05) is 0 Å². The minimum atomic E-state index is -0.293. The van der Waals surface area contributed by atoms with Crippen LogP contribution in [0.5, 0.6) is 5.75 Å². The Balaban J connectivity index is 1.69. The average molecular weight is 412 g/mol. The number of carbonyl (C=O) groups is 1. The van der Waals surface area contributed by atoms with Crippen LogP contribution in [-0.4, -0.2) is 22.8 Å². The van der Waals surface area contributed by atoms with E-state index in [0.29, 0.717) is 11.3 Å². The van der Waals surface area contributed by atoms with Gasteiger partial charge in [-0.15, -0.1) is 0 Å². The molecule has 0 saturated carbocycles. The van der Waals surface area contributed by atoms with E-state index in [9.17, 15) is 4.79 Å². The van der Waals surface area contributed by atoms with Gasteiger partial charge in [-0.2, -0.15) is 5.10 Å². The van der Waals surface area contributed by atoms with Gasteiger partial charge in [-0.3, -0.25) is 4.79 Å². The number of nitrogens with one attached hydrogen (secondary N) is 1. The van der Waals surface area contributed by atoms with E-state index in [1.54, 1.807) is 7.11 Å². The van der Waals surface area contributed by atoms with Crippen LogP contribution in [0.3, 0.4) is 0 Å². The van der Waals surface area contributed by atoms with Crippen LogP contribution in [0, 0.1) is 13.8 Å². The summed E-state index contributed by atoms with van der Waals surface area (Å²) >= 11 is 0. The summed E-state index contributed by atoms with van der Waals surface area (Å²) in [6, 6.07) is 27.2. The molecular formula is C26H25N3O2. The third kappa shape index (κ3) is 4.21. The van der Waals surface area contributed by atoms with Crippen molar-refractivity contribution in [1.29, 1.82) is 0 Å². The van der Waals surface area contributed by atoms with Crippen LogP contribution >= 0.6 is 0 Å². The smallest absolute Gasteiger partial charge is 0.255 e. The second kappa shape index (κ2) is 8.88. The lowest BCUT2D eigenvalue weighted by Gasteiger charge is -2.20. The van der Waals surface area contributed by atoms with Crippen LogP contribution < -0.4 is 10.1 Å². The van der Waals surface area contributed by atoms with Crippen LogP contribution in [0.4, 0.5) is 0 Å². The Kier molecular flexibility index (Phi) is 5.85. The predicted octanol–water partition coefficient (Wildman–Crippen LogP) is 5.02. The fourth-order valence-corrected chi connectivity index (χ4v) is 3.80. The number of amides is 1. The summed E-state index contributed by atoms with van der Waals surface area (Å²) in [6.45, 7) is 3.79. The number of ether oxygens (including phenoxy) is 1. The molecule has 0 bridgehead atoms. The monoisotopic (exact) mass is 411 g/mol. The summed E-state index contributed by atoms with van der Waals surface area (Å²) in [4.78, 5) is 13.4. The largest absolute Gasteiger partial charge is 0.497 e. The van der Waals surface area contributed by atoms with Gasteiger partial charge in [0.05, 0.1) is 35.8 Å². The van der Waals surface area contributed by atoms with Gasteiger partial charge in [0.2, 0.25) is 0 Å². The highest BCUT2D eigenvalue weighted by molar-refractivity contribution is 5.97. The Morgan fingerprint density at radius 3 is 2.06 bits per heavy atom. The molecule has 0 saturated heterocycles. The quantitative estimate of drug-likeness (QED) is 0.485. The predicted molar refractivity (Wildman–Crippen MR) is 122 cm³/mol. The average Bonchev–Trinajstić information content (AvgIpc) is 3.12. The van der Waals surface area contributed by atoms with E-state index in [4.69, 9.17) is 4.74 Å². The zero-order valence-electron chi connectivity index (χ0n) is 17.9. The lowest BCUT2D eigenvalue weighted by Crippen LogP contribution is -2.30. The Bertz CT molecular complexity index is 1170. The molecule has 4 aromatic rings. The fraction of sp³-hybridized carbons (Fsp3) is 0.154. The van der Waals surface area contributed by atoms with Gasteiger partial charge in [0.15, 0.2) is 0 Å². The summed E-state index contributed by atoms with van der Waals surface area (Å²) in [5.74, 6) is 0.625. The maximum absolute atomic E-state index is 13.4. The van der Waals surface area contributed by atoms with Crippen molar-refractivity contribution in [3.63, 3.8) is 0 Å². The summed E-state index contributed by atoms with van der Waals surface area (Å²) in [6.07, 6.45) is 0. The molecule has 0 fully saturated rings. The molecule has 31 heavy (non-hydrogen) atoms. The molecule has 3 aromatic carbocycles. The van der Waals surface area contributed by atoms with Crippen LogP contribution in [0.25, 0.3) is 5.69 Å². The zero-order chi connectivity index (χ0) is 21.8. The molecule has 156 valence electrons. The number of aromatic nitrogens is 2. The van der Waals surface area contributed by atoms with Crippen molar-refractivity contribution < 1.29 is 9.53 Å². The normalized spacial score (nSPS) is 11.7. The molecule has 0 aliphatic heterocycles. The SMILES string of the molecule is COc1ccc([C@H](NC(=O)c2c(C)nn(-c3ccccc3)c2C)c2ccccc2)cc1. The molecule has 0 aliphatic carbocycles. The Labute approximate surface area is 182 Å². The molecule has 0 spiro atoms. The summed E-state index contributed by atoms with van der Waals surface area (Å²) in [5, 5.41) is 7.83. The van der Waals surface area contributed by atoms with Crippen LogP contribution in [0.2, 0.25) is 0 Å². The first-order chi connectivity index (χ1) is 15.1. The first-order valence-electron chi connectivity index (χ1n) is 10.2. The molecule has 1 N–H and O–H groups in total. The van der Waals surface area contributed by atoms with Crippen molar-refractivity contribution in [3.8, 4) is 11.4 Å². The van der Waals surface area contributed by atoms with Crippen LogP contribution in [0.1, 0.15) is 38.9 Å². The lowest BCUT2D eigenvalue weighted by atomic mass is 9.98. The van der Waals surface area contributed by atoms with Crippen molar-refractivity contribution in [2.75, 3.05) is 7.11 Å². The molecule has 1 aromatic heterocycles. The van der Waals surface area contributed by atoms with Crippen molar-refractivity contribution >= 4 is 5.91 Å². The molecule has 5 nitrogen and oxygen atoms in total. The van der Waals surface area contributed by atoms with E-state index in [1.807, 2.05) is 103 Å². The first-order valence-corrected chi connectivity index (χ1v) is 10.2. The van der Waals surface area contributed by atoms with Gasteiger partial charge in [0.25, 0.3) is 5.91 Å². The maximum atomic E-state index is 13.4. The van der Waals surface area contributed by atoms with Gasteiger partial charge >= 0.3 is 0 Å². The van der Waals surface area contributed by atoms with E-state index in [0.717, 1.165) is 28.3 Å². The van der Waals surface area contributed by atoms with Gasteiger partial charge in [-0.05, 0) is 49.2 Å². The van der Waals surface area contributed by atoms with Gasteiger partial charge in [-0.25, -0.2) is 4.68 Å². The summed E-state index contributed by atoms with van der Waals surface area (Å²) in [5.41, 5.74) is 5.01. The Morgan fingerprint density at radius 2 is 1.45 bits per heavy atom. The topological polar surface area (TPSA) is 56.1 Å². The number of carbonyl (C=O) groups excluding carboxylic acids is 1. The van der Waals surface area contributed by atoms with E-state index >= 15 is 0 Å². The summed E-state index contributed by atoms with van der Waals surface area (Å²) < 4.78 is 7.10. The Morgan fingerprint density at radius 1 is 0.871 bits per heavy atom. The van der Waals surface area contributed by atoms with Crippen LogP contribution in [0.15, 0.2) is 84.9 Å². The molecule has 1 atom stereocenters. The minimum absolute atomic E-state index is 0.151. The molecule has 1 amide bonds. The standard InChI is InChI=1S/C26H25N3O2/c1-18-24(19(2)29(28-18)22-12-8-5-9-13-22)26(30)27-25(20-10-6-4-7-11-20)21-14-16-23(31-3)17-15-21/h4-17,25H,1-3H3,(H,27,30)/t25-/m1/s1. The van der Waals surface area contributed by atoms with E-state index < -0.39 is 0 Å². The highest BCUT2D eigenvalue weighted by Gasteiger charge is 2.23. The van der Waals surface area contributed by atoms with E-state index in [2.05, 4.69) is 10.4 Å².